The van der Waals surface area contributed by atoms with E-state index in [1.807, 2.05) is 19.1 Å². The monoisotopic (exact) mass is 212 g/mol. The van der Waals surface area contributed by atoms with E-state index in [1.165, 1.54) is 0 Å². The van der Waals surface area contributed by atoms with Crippen LogP contribution in [0.1, 0.15) is 12.5 Å². The lowest BCUT2D eigenvalue weighted by molar-refractivity contribution is 0.684. The highest BCUT2D eigenvalue weighted by Gasteiger charge is 1.99. The van der Waals surface area contributed by atoms with Crippen molar-refractivity contribution in [1.82, 2.24) is 0 Å². The summed E-state index contributed by atoms with van der Waals surface area (Å²) >= 11 is 0. The molecule has 0 unspecified atom stereocenters. The zero-order chi connectivity index (χ0) is 10.8. The maximum absolute atomic E-state index is 11.4. The lowest BCUT2D eigenvalue weighted by Gasteiger charge is -2.03. The van der Waals surface area contributed by atoms with Gasteiger partial charge in [-0.05, 0) is 24.1 Å². The Hall–Kier alpha value is -1.03. The normalized spacial score (nSPS) is 11.4. The van der Waals surface area contributed by atoms with E-state index >= 15 is 0 Å². The molecular formula is C10H16N2OS. The number of rotatable bonds is 2. The minimum atomic E-state index is -2.09. The van der Waals surface area contributed by atoms with Crippen molar-refractivity contribution in [3.8, 4) is 0 Å². The Balaban J connectivity index is 3.17. The number of hydrogen-bond acceptors (Lipinski definition) is 3. The average molecular weight is 212 g/mol. The van der Waals surface area contributed by atoms with Gasteiger partial charge in [0.2, 0.25) is 0 Å². The lowest BCUT2D eigenvalue weighted by Crippen LogP contribution is -1.93. The number of anilines is 1. The van der Waals surface area contributed by atoms with Crippen LogP contribution in [0, 0.1) is 0 Å². The summed E-state index contributed by atoms with van der Waals surface area (Å²) in [6, 6.07) is 5.55. The van der Waals surface area contributed by atoms with E-state index in [2.05, 4.69) is 4.36 Å². The zero-order valence-electron chi connectivity index (χ0n) is 8.78. The predicted octanol–water partition coefficient (Wildman–Crippen LogP) is 2.19. The summed E-state index contributed by atoms with van der Waals surface area (Å²) in [5, 5.41) is 0. The van der Waals surface area contributed by atoms with E-state index in [1.54, 1.807) is 18.6 Å². The van der Waals surface area contributed by atoms with Crippen LogP contribution in [0.4, 0.5) is 11.4 Å². The van der Waals surface area contributed by atoms with E-state index < -0.39 is 9.73 Å². The van der Waals surface area contributed by atoms with E-state index in [9.17, 15) is 4.21 Å². The third-order valence-electron chi connectivity index (χ3n) is 1.84. The SMILES string of the molecule is CCc1ccc(N=S(C)(C)=O)cc1N. The van der Waals surface area contributed by atoms with Gasteiger partial charge in [0.05, 0.1) is 5.69 Å². The molecule has 2 N–H and O–H groups in total. The molecule has 0 radical (unpaired) electrons. The van der Waals surface area contributed by atoms with Crippen molar-refractivity contribution in [2.45, 2.75) is 13.3 Å². The molecule has 1 aromatic rings. The molecule has 0 aromatic heterocycles. The molecule has 14 heavy (non-hydrogen) atoms. The Morgan fingerprint density at radius 3 is 2.50 bits per heavy atom. The Kier molecular flexibility index (Phi) is 3.16. The number of nitrogens with zero attached hydrogens (tertiary/aromatic N) is 1. The first kappa shape index (κ1) is 11.0. The summed E-state index contributed by atoms with van der Waals surface area (Å²) < 4.78 is 15.5. The van der Waals surface area contributed by atoms with Crippen molar-refractivity contribution < 1.29 is 4.21 Å². The molecule has 0 aliphatic heterocycles. The number of hydrogen-bond donors (Lipinski definition) is 1. The van der Waals surface area contributed by atoms with E-state index in [0.717, 1.165) is 17.7 Å². The van der Waals surface area contributed by atoms with Gasteiger partial charge in [0, 0.05) is 27.9 Å². The largest absolute Gasteiger partial charge is 0.398 e. The molecule has 0 aliphatic rings. The van der Waals surface area contributed by atoms with Crippen molar-refractivity contribution >= 4 is 21.1 Å². The van der Waals surface area contributed by atoms with Crippen LogP contribution in [0.25, 0.3) is 0 Å². The first-order valence-corrected chi connectivity index (χ1v) is 6.81. The fourth-order valence-corrected chi connectivity index (χ4v) is 1.84. The topological polar surface area (TPSA) is 55.5 Å². The Labute approximate surface area is 85.5 Å². The summed E-state index contributed by atoms with van der Waals surface area (Å²) in [7, 11) is -2.09. The molecule has 78 valence electrons. The summed E-state index contributed by atoms with van der Waals surface area (Å²) in [6.45, 7) is 2.05. The van der Waals surface area contributed by atoms with Crippen molar-refractivity contribution in [1.29, 1.82) is 0 Å². The predicted molar refractivity (Wildman–Crippen MR) is 62.3 cm³/mol. The third kappa shape index (κ3) is 3.03. The average Bonchev–Trinajstić information content (AvgIpc) is 2.01. The molecule has 4 heteroatoms. The lowest BCUT2D eigenvalue weighted by atomic mass is 10.1. The second-order valence-corrected chi connectivity index (χ2v) is 6.05. The van der Waals surface area contributed by atoms with Crippen molar-refractivity contribution in [2.24, 2.45) is 4.36 Å². The molecular weight excluding hydrogens is 196 g/mol. The fraction of sp³-hybridized carbons (Fsp3) is 0.400. The highest BCUT2D eigenvalue weighted by molar-refractivity contribution is 7.92. The molecule has 0 heterocycles. The Bertz CT molecular complexity index is 437. The molecule has 3 nitrogen and oxygen atoms in total. The van der Waals surface area contributed by atoms with Gasteiger partial charge < -0.3 is 5.73 Å². The van der Waals surface area contributed by atoms with Crippen LogP contribution in [0.3, 0.4) is 0 Å². The zero-order valence-corrected chi connectivity index (χ0v) is 9.60. The summed E-state index contributed by atoms with van der Waals surface area (Å²) in [5.41, 5.74) is 8.31. The van der Waals surface area contributed by atoms with Crippen LogP contribution >= 0.6 is 0 Å². The molecule has 0 amide bonds. The molecule has 0 fully saturated rings. The molecule has 0 bridgehead atoms. The Morgan fingerprint density at radius 1 is 1.43 bits per heavy atom. The molecule has 0 atom stereocenters. The minimum Gasteiger partial charge on any atom is -0.398 e. The maximum Gasteiger partial charge on any atom is 0.0750 e. The van der Waals surface area contributed by atoms with Crippen molar-refractivity contribution in [2.75, 3.05) is 18.2 Å². The number of nitrogen functional groups attached to an aromatic ring is 1. The Morgan fingerprint density at radius 2 is 2.07 bits per heavy atom. The third-order valence-corrected chi connectivity index (χ3v) is 2.49. The number of benzene rings is 1. The van der Waals surface area contributed by atoms with Crippen LogP contribution < -0.4 is 5.73 Å². The highest BCUT2D eigenvalue weighted by atomic mass is 32.2. The molecule has 0 spiro atoms. The number of nitrogens with two attached hydrogens (primary N) is 1. The van der Waals surface area contributed by atoms with Gasteiger partial charge in [-0.2, -0.15) is 4.36 Å². The summed E-state index contributed by atoms with van der Waals surface area (Å²) in [4.78, 5) is 0. The standard InChI is InChI=1S/C10H16N2OS/c1-4-8-5-6-9(7-10(8)11)12-14(2,3)13/h5-7H,4,11H2,1-3H3. The van der Waals surface area contributed by atoms with Gasteiger partial charge in [-0.15, -0.1) is 0 Å². The minimum absolute atomic E-state index is 0.690. The number of aryl methyl sites for hydroxylation is 1. The quantitative estimate of drug-likeness (QED) is 0.764. The first-order chi connectivity index (χ1) is 6.42. The van der Waals surface area contributed by atoms with Crippen LogP contribution in [0.2, 0.25) is 0 Å². The van der Waals surface area contributed by atoms with Gasteiger partial charge in [0.15, 0.2) is 0 Å². The molecule has 0 saturated carbocycles. The fourth-order valence-electron chi connectivity index (χ4n) is 1.21. The van der Waals surface area contributed by atoms with Gasteiger partial charge >= 0.3 is 0 Å². The van der Waals surface area contributed by atoms with E-state index in [4.69, 9.17) is 5.73 Å². The van der Waals surface area contributed by atoms with Gasteiger partial charge in [0.25, 0.3) is 0 Å². The smallest absolute Gasteiger partial charge is 0.0750 e. The van der Waals surface area contributed by atoms with E-state index in [0.29, 0.717) is 5.69 Å². The van der Waals surface area contributed by atoms with Crippen molar-refractivity contribution in [3.63, 3.8) is 0 Å². The first-order valence-electron chi connectivity index (χ1n) is 4.48. The van der Waals surface area contributed by atoms with Gasteiger partial charge in [-0.25, -0.2) is 4.21 Å². The molecule has 1 aromatic carbocycles. The molecule has 0 aliphatic carbocycles. The summed E-state index contributed by atoms with van der Waals surface area (Å²) in [5.74, 6) is 0. The van der Waals surface area contributed by atoms with Crippen LogP contribution in [-0.2, 0) is 16.1 Å². The van der Waals surface area contributed by atoms with Gasteiger partial charge in [0.1, 0.15) is 0 Å². The molecule has 1 rings (SSSR count). The highest BCUT2D eigenvalue weighted by Crippen LogP contribution is 2.21. The van der Waals surface area contributed by atoms with Crippen LogP contribution in [0.5, 0.6) is 0 Å². The second kappa shape index (κ2) is 4.00. The summed E-state index contributed by atoms with van der Waals surface area (Å²) in [6.07, 6.45) is 4.12. The van der Waals surface area contributed by atoms with E-state index in [-0.39, 0.29) is 0 Å². The maximum atomic E-state index is 11.4. The van der Waals surface area contributed by atoms with Crippen LogP contribution in [-0.4, -0.2) is 16.7 Å². The van der Waals surface area contributed by atoms with Crippen molar-refractivity contribution in [3.05, 3.63) is 23.8 Å². The molecule has 0 saturated heterocycles. The van der Waals surface area contributed by atoms with Gasteiger partial charge in [-0.3, -0.25) is 0 Å². The second-order valence-electron chi connectivity index (χ2n) is 3.51. The van der Waals surface area contributed by atoms with Gasteiger partial charge in [-0.1, -0.05) is 13.0 Å². The van der Waals surface area contributed by atoms with Crippen LogP contribution in [0.15, 0.2) is 22.6 Å².